The highest BCUT2D eigenvalue weighted by Gasteiger charge is 2.11. The first-order chi connectivity index (χ1) is 8.97. The van der Waals surface area contributed by atoms with Gasteiger partial charge in [-0.15, -0.1) is 0 Å². The summed E-state index contributed by atoms with van der Waals surface area (Å²) in [6.07, 6.45) is 0. The molecule has 2 aromatic carbocycles. The minimum absolute atomic E-state index is 0.230. The average molecular weight is 277 g/mol. The Balaban J connectivity index is 2.30. The molecule has 100 valence electrons. The van der Waals surface area contributed by atoms with Crippen LogP contribution >= 0.6 is 0 Å². The number of rotatable bonds is 3. The summed E-state index contributed by atoms with van der Waals surface area (Å²) < 4.78 is 25.6. The fourth-order valence-corrected chi connectivity index (χ4v) is 3.30. The summed E-state index contributed by atoms with van der Waals surface area (Å²) in [6, 6.07) is 9.98. The molecule has 2 nitrogen and oxygen atoms in total. The lowest BCUT2D eigenvalue weighted by atomic mass is 10.2. The van der Waals surface area contributed by atoms with Gasteiger partial charge in [0, 0.05) is 10.6 Å². The van der Waals surface area contributed by atoms with Crippen molar-refractivity contribution >= 4 is 16.5 Å². The van der Waals surface area contributed by atoms with Gasteiger partial charge in [0.25, 0.3) is 0 Å². The van der Waals surface area contributed by atoms with Crippen LogP contribution in [0.25, 0.3) is 0 Å². The van der Waals surface area contributed by atoms with Crippen molar-refractivity contribution in [3.8, 4) is 0 Å². The van der Waals surface area contributed by atoms with Crippen molar-refractivity contribution in [1.29, 1.82) is 0 Å². The first-order valence-electron chi connectivity index (χ1n) is 5.97. The molecule has 1 unspecified atom stereocenters. The number of benzene rings is 2. The molecule has 2 N–H and O–H groups in total. The molecule has 0 aliphatic heterocycles. The average Bonchev–Trinajstić information content (AvgIpc) is 2.36. The predicted octanol–water partition coefficient (Wildman–Crippen LogP) is 3.33. The summed E-state index contributed by atoms with van der Waals surface area (Å²) in [7, 11) is -1.22. The highest BCUT2D eigenvalue weighted by Crippen LogP contribution is 2.21. The molecular weight excluding hydrogens is 261 g/mol. The number of nitrogens with two attached hydrogens (primary N) is 1. The van der Waals surface area contributed by atoms with E-state index < -0.39 is 10.8 Å². The second kappa shape index (κ2) is 5.53. The highest BCUT2D eigenvalue weighted by molar-refractivity contribution is 7.84. The van der Waals surface area contributed by atoms with Gasteiger partial charge in [-0.3, -0.25) is 4.21 Å². The van der Waals surface area contributed by atoms with Gasteiger partial charge in [-0.1, -0.05) is 12.1 Å². The number of anilines is 1. The van der Waals surface area contributed by atoms with Crippen molar-refractivity contribution in [2.45, 2.75) is 24.5 Å². The molecule has 0 radical (unpaired) electrons. The van der Waals surface area contributed by atoms with Gasteiger partial charge in [0.1, 0.15) is 5.82 Å². The van der Waals surface area contributed by atoms with E-state index in [1.807, 2.05) is 32.0 Å². The summed E-state index contributed by atoms with van der Waals surface area (Å²) in [6.45, 7) is 3.87. The van der Waals surface area contributed by atoms with E-state index in [2.05, 4.69) is 0 Å². The molecule has 0 aliphatic rings. The Kier molecular flexibility index (Phi) is 4.00. The van der Waals surface area contributed by atoms with Gasteiger partial charge >= 0.3 is 0 Å². The monoisotopic (exact) mass is 277 g/mol. The molecule has 0 amide bonds. The minimum Gasteiger partial charge on any atom is -0.398 e. The maximum Gasteiger partial charge on any atom is 0.123 e. The van der Waals surface area contributed by atoms with Crippen molar-refractivity contribution in [1.82, 2.24) is 0 Å². The number of nitrogen functional groups attached to an aromatic ring is 1. The number of halogens is 1. The van der Waals surface area contributed by atoms with Gasteiger partial charge in [-0.25, -0.2) is 4.39 Å². The molecular formula is C15H16FNOS. The van der Waals surface area contributed by atoms with Crippen LogP contribution < -0.4 is 5.73 Å². The van der Waals surface area contributed by atoms with Crippen LogP contribution in [0.5, 0.6) is 0 Å². The van der Waals surface area contributed by atoms with E-state index in [1.165, 1.54) is 18.2 Å². The molecule has 0 saturated heterocycles. The largest absolute Gasteiger partial charge is 0.398 e. The molecule has 4 heteroatoms. The van der Waals surface area contributed by atoms with Crippen LogP contribution in [0.1, 0.15) is 16.7 Å². The maximum absolute atomic E-state index is 13.2. The third-order valence-electron chi connectivity index (χ3n) is 2.98. The predicted molar refractivity (Wildman–Crippen MR) is 76.8 cm³/mol. The minimum atomic E-state index is -1.22. The normalized spacial score (nSPS) is 12.4. The van der Waals surface area contributed by atoms with Crippen molar-refractivity contribution in [2.75, 3.05) is 5.73 Å². The SMILES string of the molecule is Cc1ccc(C)c(S(=O)Cc2cc(F)ccc2N)c1. The van der Waals surface area contributed by atoms with Crippen molar-refractivity contribution in [3.63, 3.8) is 0 Å². The van der Waals surface area contributed by atoms with E-state index in [9.17, 15) is 8.60 Å². The summed E-state index contributed by atoms with van der Waals surface area (Å²) in [5.41, 5.74) is 8.87. The molecule has 1 atom stereocenters. The molecule has 2 aromatic rings. The van der Waals surface area contributed by atoms with E-state index in [0.29, 0.717) is 11.3 Å². The summed E-state index contributed by atoms with van der Waals surface area (Å²) >= 11 is 0. The summed E-state index contributed by atoms with van der Waals surface area (Å²) in [5.74, 6) is -0.129. The van der Waals surface area contributed by atoms with Gasteiger partial charge in [0.05, 0.1) is 16.6 Å². The van der Waals surface area contributed by atoms with Gasteiger partial charge in [0.15, 0.2) is 0 Å². The lowest BCUT2D eigenvalue weighted by Crippen LogP contribution is -2.03. The quantitative estimate of drug-likeness (QED) is 0.874. The Morgan fingerprint density at radius 2 is 1.89 bits per heavy atom. The van der Waals surface area contributed by atoms with Crippen LogP contribution in [0.2, 0.25) is 0 Å². The Morgan fingerprint density at radius 3 is 2.63 bits per heavy atom. The fourth-order valence-electron chi connectivity index (χ4n) is 1.87. The molecule has 0 aromatic heterocycles. The number of aryl methyl sites for hydroxylation is 2. The second-order valence-corrected chi connectivity index (χ2v) is 6.02. The van der Waals surface area contributed by atoms with Gasteiger partial charge in [-0.05, 0) is 54.8 Å². The lowest BCUT2D eigenvalue weighted by molar-refractivity contribution is 0.626. The number of hydrogen-bond donors (Lipinski definition) is 1. The zero-order valence-corrected chi connectivity index (χ0v) is 11.8. The van der Waals surface area contributed by atoms with E-state index in [4.69, 9.17) is 5.73 Å². The standard InChI is InChI=1S/C15H16FNOS/c1-10-3-4-11(2)15(7-10)19(18)9-12-8-13(16)5-6-14(12)17/h3-8H,9,17H2,1-2H3. The maximum atomic E-state index is 13.2. The Morgan fingerprint density at radius 1 is 1.16 bits per heavy atom. The van der Waals surface area contributed by atoms with Gasteiger partial charge in [0.2, 0.25) is 0 Å². The van der Waals surface area contributed by atoms with Crippen LogP contribution in [0.3, 0.4) is 0 Å². The number of hydrogen-bond acceptors (Lipinski definition) is 2. The highest BCUT2D eigenvalue weighted by atomic mass is 32.2. The fraction of sp³-hybridized carbons (Fsp3) is 0.200. The third kappa shape index (κ3) is 3.20. The smallest absolute Gasteiger partial charge is 0.123 e. The van der Waals surface area contributed by atoms with E-state index in [-0.39, 0.29) is 11.6 Å². The van der Waals surface area contributed by atoms with Crippen LogP contribution in [0, 0.1) is 19.7 Å². The Hall–Kier alpha value is -1.68. The molecule has 0 fully saturated rings. The zero-order chi connectivity index (χ0) is 14.0. The first-order valence-corrected chi connectivity index (χ1v) is 7.29. The molecule has 0 aliphatic carbocycles. The Bertz CT molecular complexity index is 640. The first kappa shape index (κ1) is 13.7. The molecule has 19 heavy (non-hydrogen) atoms. The van der Waals surface area contributed by atoms with Crippen LogP contribution in [0.4, 0.5) is 10.1 Å². The van der Waals surface area contributed by atoms with Gasteiger partial charge in [-0.2, -0.15) is 0 Å². The van der Waals surface area contributed by atoms with Crippen LogP contribution in [-0.2, 0) is 16.6 Å². The lowest BCUT2D eigenvalue weighted by Gasteiger charge is -2.09. The van der Waals surface area contributed by atoms with Crippen LogP contribution in [-0.4, -0.2) is 4.21 Å². The Labute approximate surface area is 114 Å². The third-order valence-corrected chi connectivity index (χ3v) is 4.48. The van der Waals surface area contributed by atoms with E-state index in [0.717, 1.165) is 16.0 Å². The van der Waals surface area contributed by atoms with Gasteiger partial charge < -0.3 is 5.73 Å². The molecule has 0 bridgehead atoms. The van der Waals surface area contributed by atoms with Crippen molar-refractivity contribution in [3.05, 3.63) is 58.9 Å². The molecule has 2 rings (SSSR count). The van der Waals surface area contributed by atoms with Crippen molar-refractivity contribution in [2.24, 2.45) is 0 Å². The zero-order valence-electron chi connectivity index (χ0n) is 10.9. The molecule has 0 heterocycles. The summed E-state index contributed by atoms with van der Waals surface area (Å²) in [5, 5.41) is 0. The molecule has 0 spiro atoms. The molecule has 0 saturated carbocycles. The van der Waals surface area contributed by atoms with Crippen molar-refractivity contribution < 1.29 is 8.60 Å². The van der Waals surface area contributed by atoms with E-state index >= 15 is 0 Å². The van der Waals surface area contributed by atoms with E-state index in [1.54, 1.807) is 0 Å². The summed E-state index contributed by atoms with van der Waals surface area (Å²) in [4.78, 5) is 0.781. The van der Waals surface area contributed by atoms with Crippen LogP contribution in [0.15, 0.2) is 41.3 Å². The topological polar surface area (TPSA) is 43.1 Å². The second-order valence-electron chi connectivity index (χ2n) is 4.60.